The fourth-order valence-corrected chi connectivity index (χ4v) is 3.30. The molecule has 0 unspecified atom stereocenters. The quantitative estimate of drug-likeness (QED) is 0.612. The highest BCUT2D eigenvalue weighted by Crippen LogP contribution is 2.34. The molecule has 1 aromatic carbocycles. The number of nitrogens with zero attached hydrogens (tertiary/aromatic N) is 1. The van der Waals surface area contributed by atoms with Crippen molar-refractivity contribution in [3.8, 4) is 0 Å². The summed E-state index contributed by atoms with van der Waals surface area (Å²) in [7, 11) is 1.35. The number of halogens is 1. The van der Waals surface area contributed by atoms with E-state index in [9.17, 15) is 19.1 Å². The zero-order valence-electron chi connectivity index (χ0n) is 18.3. The normalized spacial score (nSPS) is 14.9. The van der Waals surface area contributed by atoms with Crippen LogP contribution in [0.25, 0.3) is 0 Å². The van der Waals surface area contributed by atoms with Crippen LogP contribution in [-0.4, -0.2) is 53.5 Å². The van der Waals surface area contributed by atoms with Crippen LogP contribution in [0.1, 0.15) is 46.6 Å². The monoisotopic (exact) mass is 411 g/mol. The molecule has 0 saturated heterocycles. The maximum absolute atomic E-state index is 14.1. The van der Waals surface area contributed by atoms with Crippen LogP contribution in [0, 0.1) is 11.8 Å². The Balaban J connectivity index is 3.14. The Hall–Kier alpha value is -2.15. The van der Waals surface area contributed by atoms with Crippen molar-refractivity contribution in [2.75, 3.05) is 20.3 Å². The highest BCUT2D eigenvalue weighted by molar-refractivity contribution is 5.85. The van der Waals surface area contributed by atoms with Crippen molar-refractivity contribution in [1.29, 1.82) is 0 Å². The number of amides is 1. The Bertz CT molecular complexity index is 659. The van der Waals surface area contributed by atoms with Gasteiger partial charge in [0.1, 0.15) is 5.60 Å². The molecule has 1 N–H and O–H groups in total. The maximum Gasteiger partial charge on any atom is 0.411 e. The molecule has 0 aliphatic rings. The highest BCUT2D eigenvalue weighted by atomic mass is 19.1. The van der Waals surface area contributed by atoms with Crippen LogP contribution in [0.3, 0.4) is 0 Å². The molecule has 0 fully saturated rings. The Labute approximate surface area is 173 Å². The first-order chi connectivity index (χ1) is 13.4. The number of hydrogen-bond acceptors (Lipinski definition) is 4. The number of hydrogen-bond donors (Lipinski definition) is 1. The summed E-state index contributed by atoms with van der Waals surface area (Å²) in [5.41, 5.74) is -1.69. The summed E-state index contributed by atoms with van der Waals surface area (Å²) < 4.78 is 25.2. The van der Waals surface area contributed by atoms with Gasteiger partial charge >= 0.3 is 12.1 Å². The zero-order valence-corrected chi connectivity index (χ0v) is 18.3. The molecule has 7 heteroatoms. The van der Waals surface area contributed by atoms with Crippen LogP contribution in [0.5, 0.6) is 0 Å². The molecule has 164 valence electrons. The van der Waals surface area contributed by atoms with E-state index < -0.39 is 35.8 Å². The smallest absolute Gasteiger partial charge is 0.411 e. The first-order valence-corrected chi connectivity index (χ1v) is 9.82. The van der Waals surface area contributed by atoms with Crippen molar-refractivity contribution >= 4 is 12.1 Å². The van der Waals surface area contributed by atoms with Crippen molar-refractivity contribution < 1.29 is 28.6 Å². The highest BCUT2D eigenvalue weighted by Gasteiger charge is 2.52. The molecule has 1 aromatic rings. The topological polar surface area (TPSA) is 76.1 Å². The lowest BCUT2D eigenvalue weighted by molar-refractivity contribution is -0.159. The second kappa shape index (κ2) is 10.6. The van der Waals surface area contributed by atoms with E-state index in [1.165, 1.54) is 7.05 Å². The summed E-state index contributed by atoms with van der Waals surface area (Å²) in [6.45, 7) is 7.89. The zero-order chi connectivity index (χ0) is 22.2. The Morgan fingerprint density at radius 3 is 2.21 bits per heavy atom. The van der Waals surface area contributed by atoms with Gasteiger partial charge in [-0.3, -0.25) is 9.29 Å². The van der Waals surface area contributed by atoms with E-state index in [0.717, 1.165) is 10.5 Å². The van der Waals surface area contributed by atoms with Crippen LogP contribution in [0.2, 0.25) is 0 Å². The lowest BCUT2D eigenvalue weighted by Crippen LogP contribution is -2.62. The fraction of sp³-hybridized carbons (Fsp3) is 0.636. The van der Waals surface area contributed by atoms with E-state index >= 15 is 0 Å². The van der Waals surface area contributed by atoms with E-state index in [1.54, 1.807) is 20.8 Å². The Morgan fingerprint density at radius 1 is 1.17 bits per heavy atom. The second-order valence-electron chi connectivity index (χ2n) is 8.72. The van der Waals surface area contributed by atoms with E-state index in [2.05, 4.69) is 0 Å². The average Bonchev–Trinajstić information content (AvgIpc) is 2.62. The second-order valence-corrected chi connectivity index (χ2v) is 8.72. The minimum Gasteiger partial charge on any atom is -0.479 e. The van der Waals surface area contributed by atoms with Crippen LogP contribution in [-0.2, 0) is 20.9 Å². The number of alkyl halides is 1. The van der Waals surface area contributed by atoms with Gasteiger partial charge in [-0.1, -0.05) is 44.2 Å². The van der Waals surface area contributed by atoms with Crippen LogP contribution >= 0.6 is 0 Å². The lowest BCUT2D eigenvalue weighted by atomic mass is 9.77. The number of benzene rings is 1. The van der Waals surface area contributed by atoms with Gasteiger partial charge < -0.3 is 14.6 Å². The summed E-state index contributed by atoms with van der Waals surface area (Å²) in [6, 6.07) is 9.34. The van der Waals surface area contributed by atoms with Crippen molar-refractivity contribution in [1.82, 2.24) is 4.90 Å². The third-order valence-electron chi connectivity index (χ3n) is 4.65. The molecule has 6 nitrogen and oxygen atoms in total. The number of carbonyl (C=O) groups excluding carboxylic acids is 1. The van der Waals surface area contributed by atoms with Crippen LogP contribution < -0.4 is 0 Å². The number of carbonyl (C=O) groups is 2. The first-order valence-electron chi connectivity index (χ1n) is 9.82. The van der Waals surface area contributed by atoms with Gasteiger partial charge in [-0.05, 0) is 38.7 Å². The molecule has 0 radical (unpaired) electrons. The molecular formula is C22H34FNO5. The standard InChI is InChI=1S/C22H34FNO5/c1-16(2)12-22(19(25)26,24(6)20(27)29-21(3,4)5)18(13-23)15-28-14-17-10-8-7-9-11-17/h7-11,16,18H,12-15H2,1-6H3,(H,25,26)/t18-,22+/m1/s1. The molecule has 1 rings (SSSR count). The number of likely N-dealkylation sites (N-methyl/N-ethyl adjacent to an activating group) is 1. The molecular weight excluding hydrogens is 377 g/mol. The molecule has 0 aliphatic heterocycles. The molecule has 0 heterocycles. The predicted octanol–water partition coefficient (Wildman–Crippen LogP) is 4.53. The number of ether oxygens (including phenoxy) is 2. The summed E-state index contributed by atoms with van der Waals surface area (Å²) >= 11 is 0. The summed E-state index contributed by atoms with van der Waals surface area (Å²) in [5.74, 6) is -2.42. The van der Waals surface area contributed by atoms with Gasteiger partial charge in [-0.2, -0.15) is 0 Å². The number of aliphatic carboxylic acids is 1. The minimum atomic E-state index is -1.79. The van der Waals surface area contributed by atoms with E-state index in [1.807, 2.05) is 44.2 Å². The molecule has 1 amide bonds. The molecule has 0 aliphatic carbocycles. The van der Waals surface area contributed by atoms with Gasteiger partial charge in [-0.25, -0.2) is 9.59 Å². The predicted molar refractivity (Wildman–Crippen MR) is 109 cm³/mol. The molecule has 0 saturated carbocycles. The third-order valence-corrected chi connectivity index (χ3v) is 4.65. The molecule has 0 aromatic heterocycles. The van der Waals surface area contributed by atoms with E-state index in [0.29, 0.717) is 0 Å². The van der Waals surface area contributed by atoms with Crippen LogP contribution in [0.15, 0.2) is 30.3 Å². The Kier molecular flexibility index (Phi) is 9.08. The van der Waals surface area contributed by atoms with Gasteiger partial charge in [0.05, 0.1) is 19.9 Å². The van der Waals surface area contributed by atoms with Gasteiger partial charge in [0.25, 0.3) is 0 Å². The summed E-state index contributed by atoms with van der Waals surface area (Å²) in [5, 5.41) is 10.1. The Morgan fingerprint density at radius 2 is 1.76 bits per heavy atom. The number of carboxylic acids is 1. The van der Waals surface area contributed by atoms with Crippen molar-refractivity contribution in [3.05, 3.63) is 35.9 Å². The third kappa shape index (κ3) is 6.99. The SMILES string of the molecule is CC(C)C[C@@](C(=O)O)([C@H](CF)COCc1ccccc1)N(C)C(=O)OC(C)(C)C. The molecule has 0 spiro atoms. The van der Waals surface area contributed by atoms with E-state index in [-0.39, 0.29) is 25.6 Å². The number of rotatable bonds is 10. The summed E-state index contributed by atoms with van der Waals surface area (Å²) in [6.07, 6.45) is -0.733. The molecule has 29 heavy (non-hydrogen) atoms. The van der Waals surface area contributed by atoms with Gasteiger partial charge in [0.2, 0.25) is 0 Å². The molecule has 2 atom stereocenters. The van der Waals surface area contributed by atoms with Crippen molar-refractivity contribution in [2.45, 2.75) is 58.8 Å². The van der Waals surface area contributed by atoms with E-state index in [4.69, 9.17) is 9.47 Å². The lowest BCUT2D eigenvalue weighted by Gasteiger charge is -2.44. The van der Waals surface area contributed by atoms with Gasteiger partial charge in [0, 0.05) is 13.0 Å². The van der Waals surface area contributed by atoms with Crippen LogP contribution in [0.4, 0.5) is 9.18 Å². The molecule has 0 bridgehead atoms. The largest absolute Gasteiger partial charge is 0.479 e. The first kappa shape index (κ1) is 24.9. The minimum absolute atomic E-state index is 0.0708. The summed E-state index contributed by atoms with van der Waals surface area (Å²) in [4.78, 5) is 26.1. The number of carboxylic acid groups (broad SMARTS) is 1. The van der Waals surface area contributed by atoms with Gasteiger partial charge in [0.15, 0.2) is 5.54 Å². The van der Waals surface area contributed by atoms with Crippen molar-refractivity contribution in [3.63, 3.8) is 0 Å². The maximum atomic E-state index is 14.1. The van der Waals surface area contributed by atoms with Gasteiger partial charge in [-0.15, -0.1) is 0 Å². The average molecular weight is 412 g/mol. The van der Waals surface area contributed by atoms with Crippen molar-refractivity contribution in [2.24, 2.45) is 11.8 Å². The fourth-order valence-electron chi connectivity index (χ4n) is 3.30.